The van der Waals surface area contributed by atoms with Crippen LogP contribution >= 0.6 is 0 Å². The molecule has 1 rings (SSSR count). The summed E-state index contributed by atoms with van der Waals surface area (Å²) in [5, 5.41) is 20.6. The molecule has 4 heteroatoms. The molecule has 0 saturated heterocycles. The van der Waals surface area contributed by atoms with Gasteiger partial charge in [-0.1, -0.05) is 19.9 Å². The summed E-state index contributed by atoms with van der Waals surface area (Å²) in [6, 6.07) is 10.7. The number of amides is 1. The Morgan fingerprint density at radius 2 is 2.00 bits per heavy atom. The lowest BCUT2D eigenvalue weighted by Gasteiger charge is -2.22. The van der Waals surface area contributed by atoms with Crippen LogP contribution in [0.1, 0.15) is 32.3 Å². The maximum absolute atomic E-state index is 12.1. The smallest absolute Gasteiger partial charge is 0.244 e. The molecule has 1 aromatic carbocycles. The van der Waals surface area contributed by atoms with Gasteiger partial charge in [-0.2, -0.15) is 10.5 Å². The molecule has 0 aromatic heterocycles. The normalized spacial score (nSPS) is 10.2. The lowest BCUT2D eigenvalue weighted by molar-refractivity contribution is -0.123. The van der Waals surface area contributed by atoms with Gasteiger partial charge < -0.3 is 5.32 Å². The first-order valence-electron chi connectivity index (χ1n) is 5.84. The van der Waals surface area contributed by atoms with Crippen LogP contribution in [0.15, 0.2) is 24.3 Å². The third-order valence-corrected chi connectivity index (χ3v) is 3.11. The summed E-state index contributed by atoms with van der Waals surface area (Å²) in [5.41, 5.74) is 0.0202. The number of nitriles is 2. The number of carbonyl (C=O) groups is 1. The molecule has 0 aliphatic heterocycles. The van der Waals surface area contributed by atoms with Gasteiger partial charge in [0.2, 0.25) is 5.91 Å². The summed E-state index contributed by atoms with van der Waals surface area (Å²) in [5.74, 6) is -0.315. The molecule has 1 amide bonds. The molecule has 0 bridgehead atoms. The van der Waals surface area contributed by atoms with Crippen molar-refractivity contribution in [1.29, 1.82) is 10.5 Å². The Morgan fingerprint density at radius 1 is 1.33 bits per heavy atom. The number of hydrogen-bond acceptors (Lipinski definition) is 3. The fraction of sp³-hybridized carbons (Fsp3) is 0.357. The maximum Gasteiger partial charge on any atom is 0.244 e. The summed E-state index contributed by atoms with van der Waals surface area (Å²) < 4.78 is 0. The van der Waals surface area contributed by atoms with E-state index in [4.69, 9.17) is 10.5 Å². The molecule has 0 saturated carbocycles. The molecule has 18 heavy (non-hydrogen) atoms. The fourth-order valence-corrected chi connectivity index (χ4v) is 1.70. The van der Waals surface area contributed by atoms with Gasteiger partial charge in [0.05, 0.1) is 17.7 Å². The van der Waals surface area contributed by atoms with E-state index in [2.05, 4.69) is 11.4 Å². The third-order valence-electron chi connectivity index (χ3n) is 3.11. The van der Waals surface area contributed by atoms with E-state index in [1.807, 2.05) is 19.9 Å². The zero-order valence-electron chi connectivity index (χ0n) is 10.5. The second-order valence-electron chi connectivity index (χ2n) is 4.05. The van der Waals surface area contributed by atoms with Crippen molar-refractivity contribution in [2.45, 2.75) is 26.7 Å². The molecule has 0 aliphatic rings. The molecule has 92 valence electrons. The predicted octanol–water partition coefficient (Wildman–Crippen LogP) is 2.83. The Labute approximate surface area is 107 Å². The van der Waals surface area contributed by atoms with Crippen molar-refractivity contribution in [3.8, 4) is 12.1 Å². The van der Waals surface area contributed by atoms with Crippen molar-refractivity contribution in [3.63, 3.8) is 0 Å². The predicted molar refractivity (Wildman–Crippen MR) is 68.4 cm³/mol. The summed E-state index contributed by atoms with van der Waals surface area (Å²) in [6.45, 7) is 3.63. The Kier molecular flexibility index (Phi) is 4.45. The van der Waals surface area contributed by atoms with Crippen LogP contribution in [0, 0.1) is 28.1 Å². The molecule has 0 fully saturated rings. The lowest BCUT2D eigenvalue weighted by Crippen LogP contribution is -2.33. The second kappa shape index (κ2) is 5.84. The largest absolute Gasteiger partial charge is 0.325 e. The fourth-order valence-electron chi connectivity index (χ4n) is 1.70. The molecule has 0 aliphatic carbocycles. The average molecular weight is 241 g/mol. The minimum Gasteiger partial charge on any atom is -0.325 e. The van der Waals surface area contributed by atoms with Gasteiger partial charge in [-0.3, -0.25) is 4.79 Å². The van der Waals surface area contributed by atoms with Crippen molar-refractivity contribution in [2.24, 2.45) is 5.41 Å². The first-order chi connectivity index (χ1) is 8.61. The highest BCUT2D eigenvalue weighted by molar-refractivity contribution is 5.97. The summed E-state index contributed by atoms with van der Waals surface area (Å²) in [7, 11) is 0. The van der Waals surface area contributed by atoms with Gasteiger partial charge in [0.1, 0.15) is 5.41 Å². The zero-order chi connectivity index (χ0) is 13.6. The Hall–Kier alpha value is -2.33. The van der Waals surface area contributed by atoms with E-state index in [-0.39, 0.29) is 5.91 Å². The minimum atomic E-state index is -0.997. The third kappa shape index (κ3) is 2.67. The summed E-state index contributed by atoms with van der Waals surface area (Å²) in [4.78, 5) is 12.1. The van der Waals surface area contributed by atoms with Crippen molar-refractivity contribution in [3.05, 3.63) is 29.8 Å². The summed E-state index contributed by atoms with van der Waals surface area (Å²) in [6.07, 6.45) is 0.924. The van der Waals surface area contributed by atoms with Crippen LogP contribution < -0.4 is 5.32 Å². The highest BCUT2D eigenvalue weighted by Crippen LogP contribution is 2.27. The van der Waals surface area contributed by atoms with Crippen molar-refractivity contribution in [2.75, 3.05) is 5.32 Å². The lowest BCUT2D eigenvalue weighted by atomic mass is 9.83. The van der Waals surface area contributed by atoms with E-state index in [1.165, 1.54) is 0 Å². The molecular weight excluding hydrogens is 226 g/mol. The number of benzene rings is 1. The van der Waals surface area contributed by atoms with Crippen LogP contribution in [0.25, 0.3) is 0 Å². The van der Waals surface area contributed by atoms with Crippen molar-refractivity contribution < 1.29 is 4.79 Å². The zero-order valence-corrected chi connectivity index (χ0v) is 10.5. The van der Waals surface area contributed by atoms with Crippen LogP contribution in [0.3, 0.4) is 0 Å². The molecule has 0 atom stereocenters. The van der Waals surface area contributed by atoms with Gasteiger partial charge in [0.15, 0.2) is 0 Å². The number of nitrogens with one attached hydrogen (secondary N) is 1. The molecule has 0 spiro atoms. The van der Waals surface area contributed by atoms with E-state index in [1.54, 1.807) is 24.3 Å². The highest BCUT2D eigenvalue weighted by atomic mass is 16.2. The van der Waals surface area contributed by atoms with Crippen molar-refractivity contribution >= 4 is 11.6 Å². The molecular formula is C14H15N3O. The quantitative estimate of drug-likeness (QED) is 0.880. The van der Waals surface area contributed by atoms with Gasteiger partial charge in [-0.15, -0.1) is 0 Å². The second-order valence-corrected chi connectivity index (χ2v) is 4.05. The first kappa shape index (κ1) is 13.7. The van der Waals surface area contributed by atoms with Gasteiger partial charge in [-0.25, -0.2) is 0 Å². The molecule has 4 nitrogen and oxygen atoms in total. The molecule has 1 N–H and O–H groups in total. The van der Waals surface area contributed by atoms with E-state index in [0.717, 1.165) is 0 Å². The minimum absolute atomic E-state index is 0.315. The molecule has 0 heterocycles. The molecule has 1 aromatic rings. The number of carbonyl (C=O) groups excluding carboxylic acids is 1. The maximum atomic E-state index is 12.1. The Morgan fingerprint density at radius 3 is 2.50 bits per heavy atom. The Balaban J connectivity index is 2.94. The van der Waals surface area contributed by atoms with Gasteiger partial charge >= 0.3 is 0 Å². The number of hydrogen-bond donors (Lipinski definition) is 1. The average Bonchev–Trinajstić information content (AvgIpc) is 2.41. The highest BCUT2D eigenvalue weighted by Gasteiger charge is 2.34. The number of nitrogens with zero attached hydrogens (tertiary/aromatic N) is 2. The van der Waals surface area contributed by atoms with Crippen LogP contribution in [-0.2, 0) is 4.79 Å². The molecule has 0 radical (unpaired) electrons. The van der Waals surface area contributed by atoms with Gasteiger partial charge in [0.25, 0.3) is 0 Å². The SMILES string of the molecule is CCC(C#N)(CC)C(=O)Nc1cccc(C#N)c1. The van der Waals surface area contributed by atoms with E-state index in [9.17, 15) is 4.79 Å². The van der Waals surface area contributed by atoms with Crippen LogP contribution in [-0.4, -0.2) is 5.91 Å². The number of rotatable bonds is 4. The van der Waals surface area contributed by atoms with E-state index in [0.29, 0.717) is 24.1 Å². The number of anilines is 1. The van der Waals surface area contributed by atoms with Gasteiger partial charge in [-0.05, 0) is 31.0 Å². The standard InChI is InChI=1S/C14H15N3O/c1-3-14(4-2,10-16)13(18)17-12-7-5-6-11(8-12)9-15/h5-8H,3-4H2,1-2H3,(H,17,18). The van der Waals surface area contributed by atoms with Crippen LogP contribution in [0.2, 0.25) is 0 Å². The Bertz CT molecular complexity index is 519. The first-order valence-corrected chi connectivity index (χ1v) is 5.84. The van der Waals surface area contributed by atoms with E-state index < -0.39 is 5.41 Å². The van der Waals surface area contributed by atoms with Gasteiger partial charge in [0, 0.05) is 5.69 Å². The molecule has 0 unspecified atom stereocenters. The van der Waals surface area contributed by atoms with Crippen LogP contribution in [0.4, 0.5) is 5.69 Å². The summed E-state index contributed by atoms with van der Waals surface area (Å²) >= 11 is 0. The van der Waals surface area contributed by atoms with E-state index >= 15 is 0 Å². The van der Waals surface area contributed by atoms with Crippen molar-refractivity contribution in [1.82, 2.24) is 0 Å². The van der Waals surface area contributed by atoms with Crippen LogP contribution in [0.5, 0.6) is 0 Å². The monoisotopic (exact) mass is 241 g/mol. The topological polar surface area (TPSA) is 76.7 Å².